The van der Waals surface area contributed by atoms with E-state index in [1.807, 2.05) is 0 Å². The van der Waals surface area contributed by atoms with Crippen LogP contribution >= 0.6 is 0 Å². The molecule has 4 nitrogen and oxygen atoms in total. The molecule has 1 heterocycles. The van der Waals surface area contributed by atoms with Gasteiger partial charge >= 0.3 is 18.4 Å². The number of likely N-dealkylation sites (tertiary alicyclic amines) is 1. The van der Waals surface area contributed by atoms with E-state index in [0.717, 1.165) is 11.0 Å². The fourth-order valence-corrected chi connectivity index (χ4v) is 3.44. The number of amides is 1. The van der Waals surface area contributed by atoms with Crippen LogP contribution in [0.1, 0.15) is 44.7 Å². The Morgan fingerprint density at radius 3 is 2.13 bits per heavy atom. The number of hydrogen-bond acceptors (Lipinski definition) is 3. The number of carbonyl (C=O) groups is 1. The molecule has 1 aliphatic heterocycles. The Labute approximate surface area is 171 Å². The van der Waals surface area contributed by atoms with E-state index in [1.165, 1.54) is 23.1 Å². The normalized spacial score (nSPS) is 16.8. The van der Waals surface area contributed by atoms with Crippen molar-refractivity contribution in [3.63, 3.8) is 0 Å². The van der Waals surface area contributed by atoms with Crippen LogP contribution in [-0.2, 0) is 17.5 Å². The number of halogens is 6. The molecule has 170 valence electrons. The first kappa shape index (κ1) is 24.3. The van der Waals surface area contributed by atoms with Crippen molar-refractivity contribution in [1.82, 2.24) is 9.80 Å². The Bertz CT molecular complexity index is 719. The summed E-state index contributed by atoms with van der Waals surface area (Å²) in [7, 11) is 0. The minimum Gasteiger partial charge on any atom is -0.444 e. The van der Waals surface area contributed by atoms with Crippen LogP contribution in [0.4, 0.5) is 31.1 Å². The number of hydrogen-bond donors (Lipinski definition) is 0. The zero-order chi connectivity index (χ0) is 22.7. The molecule has 1 aromatic rings. The van der Waals surface area contributed by atoms with Gasteiger partial charge in [-0.1, -0.05) is 18.2 Å². The Morgan fingerprint density at radius 1 is 1.07 bits per heavy atom. The number of benzene rings is 1. The van der Waals surface area contributed by atoms with Crippen molar-refractivity contribution in [3.05, 3.63) is 35.4 Å². The van der Waals surface area contributed by atoms with Gasteiger partial charge in [0, 0.05) is 25.7 Å². The smallest absolute Gasteiger partial charge is 0.416 e. The van der Waals surface area contributed by atoms with Gasteiger partial charge in [-0.25, -0.2) is 4.79 Å². The molecule has 1 saturated heterocycles. The lowest BCUT2D eigenvalue weighted by atomic mass is 10.0. The minimum atomic E-state index is -4.65. The van der Waals surface area contributed by atoms with Gasteiger partial charge < -0.3 is 9.64 Å². The molecule has 2 rings (SSSR count). The van der Waals surface area contributed by atoms with Crippen LogP contribution in [0.3, 0.4) is 0 Å². The Hall–Kier alpha value is -1.97. The third-order valence-electron chi connectivity index (χ3n) is 4.71. The maximum Gasteiger partial charge on any atom is 0.416 e. The molecule has 1 amide bonds. The number of ether oxygens (including phenoxy) is 1. The van der Waals surface area contributed by atoms with Gasteiger partial charge in [0.05, 0.1) is 12.1 Å². The maximum absolute atomic E-state index is 13.3. The van der Waals surface area contributed by atoms with E-state index >= 15 is 0 Å². The first-order chi connectivity index (χ1) is 13.7. The van der Waals surface area contributed by atoms with Gasteiger partial charge in [-0.05, 0) is 45.2 Å². The Kier molecular flexibility index (Phi) is 7.32. The molecule has 0 saturated carbocycles. The van der Waals surface area contributed by atoms with Crippen molar-refractivity contribution in [2.24, 2.45) is 0 Å². The molecular formula is C20H26F6N2O2. The van der Waals surface area contributed by atoms with Gasteiger partial charge in [0.2, 0.25) is 0 Å². The second-order valence-electron chi connectivity index (χ2n) is 8.37. The highest BCUT2D eigenvalue weighted by molar-refractivity contribution is 5.68. The lowest BCUT2D eigenvalue weighted by Gasteiger charge is -2.39. The molecule has 1 fully saturated rings. The summed E-state index contributed by atoms with van der Waals surface area (Å²) in [5.41, 5.74) is -1.84. The molecule has 0 spiro atoms. The first-order valence-electron chi connectivity index (χ1n) is 9.59. The van der Waals surface area contributed by atoms with Crippen molar-refractivity contribution in [2.45, 2.75) is 64.2 Å². The van der Waals surface area contributed by atoms with Crippen LogP contribution in [0, 0.1) is 0 Å². The van der Waals surface area contributed by atoms with E-state index in [0.29, 0.717) is 0 Å². The molecule has 0 N–H and O–H groups in total. The summed E-state index contributed by atoms with van der Waals surface area (Å²) in [4.78, 5) is 14.6. The van der Waals surface area contributed by atoms with Crippen LogP contribution in [0.2, 0.25) is 0 Å². The molecule has 1 aromatic carbocycles. The molecule has 30 heavy (non-hydrogen) atoms. The summed E-state index contributed by atoms with van der Waals surface area (Å²) in [6.07, 6.45) is -9.34. The predicted molar refractivity (Wildman–Crippen MR) is 98.7 cm³/mol. The molecule has 0 unspecified atom stereocenters. The van der Waals surface area contributed by atoms with Crippen LogP contribution in [-0.4, -0.2) is 53.3 Å². The highest BCUT2D eigenvalue weighted by Gasteiger charge is 2.38. The fourth-order valence-electron chi connectivity index (χ4n) is 3.44. The number of nitrogens with zero attached hydrogens (tertiary/aromatic N) is 2. The summed E-state index contributed by atoms with van der Waals surface area (Å²) in [5.74, 6) is 0. The molecule has 0 radical (unpaired) electrons. The zero-order valence-corrected chi connectivity index (χ0v) is 17.1. The molecule has 0 bridgehead atoms. The van der Waals surface area contributed by atoms with Gasteiger partial charge in [-0.3, -0.25) is 4.90 Å². The van der Waals surface area contributed by atoms with Crippen molar-refractivity contribution in [2.75, 3.05) is 19.6 Å². The minimum absolute atomic E-state index is 0.175. The number of piperidine rings is 1. The largest absolute Gasteiger partial charge is 0.444 e. The second kappa shape index (κ2) is 9.03. The maximum atomic E-state index is 13.3. The highest BCUT2D eigenvalue weighted by atomic mass is 19.4. The van der Waals surface area contributed by atoms with Crippen molar-refractivity contribution in [3.8, 4) is 0 Å². The molecular weight excluding hydrogens is 414 g/mol. The lowest BCUT2D eigenvalue weighted by Crippen LogP contribution is -2.49. The van der Waals surface area contributed by atoms with Gasteiger partial charge in [0.1, 0.15) is 5.60 Å². The van der Waals surface area contributed by atoms with Gasteiger partial charge in [0.25, 0.3) is 0 Å². The Balaban J connectivity index is 2.13. The summed E-state index contributed by atoms with van der Waals surface area (Å²) in [5, 5.41) is 0. The number of carbonyl (C=O) groups excluding carboxylic acids is 1. The quantitative estimate of drug-likeness (QED) is 0.582. The van der Waals surface area contributed by atoms with Crippen molar-refractivity contribution < 1.29 is 35.9 Å². The standard InChI is InChI=1S/C20H26F6N2O2/c1-18(2,3)30-17(29)27-10-8-15(9-11-27)28(13-19(21,22)23)12-14-6-4-5-7-16(14)20(24,25)26/h4-7,15H,8-13H2,1-3H3. The second-order valence-corrected chi connectivity index (χ2v) is 8.37. The average molecular weight is 440 g/mol. The Morgan fingerprint density at radius 2 is 1.63 bits per heavy atom. The van der Waals surface area contributed by atoms with Crippen molar-refractivity contribution in [1.29, 1.82) is 0 Å². The fraction of sp³-hybridized carbons (Fsp3) is 0.650. The van der Waals surface area contributed by atoms with E-state index in [1.54, 1.807) is 20.8 Å². The molecule has 1 aliphatic rings. The van der Waals surface area contributed by atoms with E-state index in [9.17, 15) is 31.1 Å². The number of alkyl halides is 6. The molecule has 0 aliphatic carbocycles. The zero-order valence-electron chi connectivity index (χ0n) is 17.1. The molecule has 0 aromatic heterocycles. The molecule has 0 atom stereocenters. The predicted octanol–water partition coefficient (Wildman–Crippen LogP) is 5.47. The molecule has 10 heteroatoms. The van der Waals surface area contributed by atoms with Gasteiger partial charge in [-0.2, -0.15) is 26.3 Å². The lowest BCUT2D eigenvalue weighted by molar-refractivity contribution is -0.155. The SMILES string of the molecule is CC(C)(C)OC(=O)N1CCC(N(Cc2ccccc2C(F)(F)F)CC(F)(F)F)CC1. The van der Waals surface area contributed by atoms with E-state index in [-0.39, 0.29) is 31.5 Å². The topological polar surface area (TPSA) is 32.8 Å². The summed E-state index contributed by atoms with van der Waals surface area (Å²) in [6, 6.07) is 4.04. The highest BCUT2D eigenvalue weighted by Crippen LogP contribution is 2.34. The van der Waals surface area contributed by atoms with E-state index in [2.05, 4.69) is 0 Å². The summed E-state index contributed by atoms with van der Waals surface area (Å²) in [6.45, 7) is 3.68. The number of rotatable bonds is 4. The van der Waals surface area contributed by atoms with Crippen LogP contribution in [0.15, 0.2) is 24.3 Å². The van der Waals surface area contributed by atoms with Gasteiger partial charge in [-0.15, -0.1) is 0 Å². The van der Waals surface area contributed by atoms with Crippen LogP contribution in [0.5, 0.6) is 0 Å². The van der Waals surface area contributed by atoms with Crippen molar-refractivity contribution >= 4 is 6.09 Å². The first-order valence-corrected chi connectivity index (χ1v) is 9.59. The average Bonchev–Trinajstić information content (AvgIpc) is 2.58. The monoisotopic (exact) mass is 440 g/mol. The van der Waals surface area contributed by atoms with Gasteiger partial charge in [0.15, 0.2) is 0 Å². The van der Waals surface area contributed by atoms with E-state index < -0.39 is 48.7 Å². The van der Waals surface area contributed by atoms with Crippen LogP contribution in [0.25, 0.3) is 0 Å². The van der Waals surface area contributed by atoms with E-state index in [4.69, 9.17) is 4.74 Å². The summed E-state index contributed by atoms with van der Waals surface area (Å²) < 4.78 is 84.5. The van der Waals surface area contributed by atoms with Crippen LogP contribution < -0.4 is 0 Å². The summed E-state index contributed by atoms with van der Waals surface area (Å²) >= 11 is 0. The third kappa shape index (κ3) is 7.37. The third-order valence-corrected chi connectivity index (χ3v) is 4.71.